The maximum Gasteiger partial charge on any atom is 0.294 e. The van der Waals surface area contributed by atoms with Gasteiger partial charge >= 0.3 is 0 Å². The highest BCUT2D eigenvalue weighted by Crippen LogP contribution is 2.30. The lowest BCUT2D eigenvalue weighted by Gasteiger charge is -2.26. The molecule has 2 fully saturated rings. The fourth-order valence-corrected chi connectivity index (χ4v) is 4.84. The molecule has 2 aliphatic rings. The van der Waals surface area contributed by atoms with Crippen LogP contribution in [0.2, 0.25) is 0 Å². The van der Waals surface area contributed by atoms with E-state index < -0.39 is 0 Å². The van der Waals surface area contributed by atoms with Crippen LogP contribution in [0.25, 0.3) is 16.4 Å². The summed E-state index contributed by atoms with van der Waals surface area (Å²) in [6.07, 6.45) is 3.13. The Kier molecular flexibility index (Phi) is 4.26. The first-order valence-corrected chi connectivity index (χ1v) is 10.3. The van der Waals surface area contributed by atoms with Crippen LogP contribution >= 0.6 is 11.3 Å². The van der Waals surface area contributed by atoms with Crippen molar-refractivity contribution >= 4 is 17.2 Å². The molecular formula is C20H21N5OS. The van der Waals surface area contributed by atoms with Crippen molar-refractivity contribution < 1.29 is 4.79 Å². The van der Waals surface area contributed by atoms with Gasteiger partial charge in [0, 0.05) is 18.6 Å². The first kappa shape index (κ1) is 16.6. The van der Waals surface area contributed by atoms with Crippen molar-refractivity contribution in [2.24, 2.45) is 0 Å². The topological polar surface area (TPSA) is 63.1 Å². The average Bonchev–Trinajstić information content (AvgIpc) is 3.39. The van der Waals surface area contributed by atoms with Crippen LogP contribution in [0.15, 0.2) is 47.8 Å². The molecule has 2 bridgehead atoms. The lowest BCUT2D eigenvalue weighted by molar-refractivity contribution is 0.0667. The van der Waals surface area contributed by atoms with E-state index in [9.17, 15) is 4.79 Å². The Labute approximate surface area is 161 Å². The summed E-state index contributed by atoms with van der Waals surface area (Å²) >= 11 is 1.60. The molecule has 4 heterocycles. The van der Waals surface area contributed by atoms with Gasteiger partial charge in [0.1, 0.15) is 0 Å². The second-order valence-corrected chi connectivity index (χ2v) is 8.02. The van der Waals surface area contributed by atoms with Crippen LogP contribution in [-0.2, 0) is 0 Å². The van der Waals surface area contributed by atoms with Gasteiger partial charge in [-0.25, -0.2) is 9.67 Å². The summed E-state index contributed by atoms with van der Waals surface area (Å²) in [5.74, 6) is 0.972. The molecule has 2 unspecified atom stereocenters. The Bertz CT molecular complexity index is 923. The van der Waals surface area contributed by atoms with Crippen LogP contribution in [0.1, 0.15) is 29.9 Å². The number of carbonyl (C=O) groups is 1. The quantitative estimate of drug-likeness (QED) is 0.760. The molecule has 1 N–H and O–H groups in total. The third kappa shape index (κ3) is 2.96. The molecule has 2 saturated heterocycles. The zero-order valence-corrected chi connectivity index (χ0v) is 15.7. The molecule has 2 aromatic heterocycles. The number of benzene rings is 1. The number of para-hydroxylation sites is 1. The molecule has 0 saturated carbocycles. The standard InChI is InChI=1S/C20H21N5OS/c26-20(24-14-8-9-16(24)13-21-11-10-14)18-22-19(17-7-4-12-27-17)25(23-18)15-5-2-1-3-6-15/h1-7,12,14,16,21H,8-11,13H2. The highest BCUT2D eigenvalue weighted by Gasteiger charge is 2.40. The van der Waals surface area contributed by atoms with E-state index >= 15 is 0 Å². The van der Waals surface area contributed by atoms with Crippen LogP contribution < -0.4 is 5.32 Å². The van der Waals surface area contributed by atoms with Gasteiger partial charge in [-0.3, -0.25) is 4.79 Å². The summed E-state index contributed by atoms with van der Waals surface area (Å²) in [6.45, 7) is 1.83. The van der Waals surface area contributed by atoms with Gasteiger partial charge in [-0.2, -0.15) is 0 Å². The zero-order valence-electron chi connectivity index (χ0n) is 14.9. The van der Waals surface area contributed by atoms with Crippen molar-refractivity contribution in [1.82, 2.24) is 25.0 Å². The Balaban J connectivity index is 1.56. The van der Waals surface area contributed by atoms with Gasteiger partial charge in [-0.15, -0.1) is 16.4 Å². The summed E-state index contributed by atoms with van der Waals surface area (Å²) in [5, 5.41) is 10.1. The Hall–Kier alpha value is -2.51. The van der Waals surface area contributed by atoms with E-state index in [0.717, 1.165) is 48.7 Å². The zero-order chi connectivity index (χ0) is 18.2. The maximum atomic E-state index is 13.3. The molecule has 0 radical (unpaired) electrons. The van der Waals surface area contributed by atoms with Crippen molar-refractivity contribution in [3.05, 3.63) is 53.7 Å². The van der Waals surface area contributed by atoms with Gasteiger partial charge in [-0.05, 0) is 49.4 Å². The predicted molar refractivity (Wildman–Crippen MR) is 105 cm³/mol. The van der Waals surface area contributed by atoms with E-state index in [4.69, 9.17) is 0 Å². The van der Waals surface area contributed by atoms with Crippen LogP contribution in [0.3, 0.4) is 0 Å². The van der Waals surface area contributed by atoms with Crippen molar-refractivity contribution in [3.8, 4) is 16.4 Å². The van der Waals surface area contributed by atoms with E-state index in [1.165, 1.54) is 0 Å². The van der Waals surface area contributed by atoms with Gasteiger partial charge in [0.15, 0.2) is 5.82 Å². The van der Waals surface area contributed by atoms with Gasteiger partial charge in [0.25, 0.3) is 5.91 Å². The number of hydrogen-bond acceptors (Lipinski definition) is 5. The summed E-state index contributed by atoms with van der Waals surface area (Å²) in [6, 6.07) is 14.4. The summed E-state index contributed by atoms with van der Waals surface area (Å²) in [5.41, 5.74) is 0.910. The number of fused-ring (bicyclic) bond motifs is 2. The van der Waals surface area contributed by atoms with E-state index in [0.29, 0.717) is 11.9 Å². The minimum atomic E-state index is -0.0429. The average molecular weight is 379 g/mol. The molecule has 3 aromatic rings. The monoisotopic (exact) mass is 379 g/mol. The molecule has 0 aliphatic carbocycles. The van der Waals surface area contributed by atoms with Gasteiger partial charge < -0.3 is 10.2 Å². The minimum Gasteiger partial charge on any atom is -0.329 e. The predicted octanol–water partition coefficient (Wildman–Crippen LogP) is 2.96. The number of carbonyl (C=O) groups excluding carboxylic acids is 1. The van der Waals surface area contributed by atoms with Crippen molar-refractivity contribution in [2.75, 3.05) is 13.1 Å². The minimum absolute atomic E-state index is 0.0429. The molecule has 2 atom stereocenters. The SMILES string of the molecule is O=C(c1nc(-c2cccs2)n(-c2ccccc2)n1)N1C2CCNCC1CC2. The number of aromatic nitrogens is 3. The highest BCUT2D eigenvalue weighted by molar-refractivity contribution is 7.13. The molecule has 1 amide bonds. The molecule has 1 aromatic carbocycles. The summed E-state index contributed by atoms with van der Waals surface area (Å²) < 4.78 is 1.79. The number of nitrogens with zero attached hydrogens (tertiary/aromatic N) is 4. The van der Waals surface area contributed by atoms with Gasteiger partial charge in [-0.1, -0.05) is 24.3 Å². The summed E-state index contributed by atoms with van der Waals surface area (Å²) in [7, 11) is 0. The number of nitrogens with one attached hydrogen (secondary N) is 1. The second kappa shape index (κ2) is 6.90. The van der Waals surface area contributed by atoms with Crippen molar-refractivity contribution in [3.63, 3.8) is 0 Å². The largest absolute Gasteiger partial charge is 0.329 e. The fourth-order valence-electron chi connectivity index (χ4n) is 4.15. The molecule has 2 aliphatic heterocycles. The molecule has 6 nitrogen and oxygen atoms in total. The van der Waals surface area contributed by atoms with Crippen LogP contribution in [0, 0.1) is 0 Å². The molecule has 138 valence electrons. The first-order chi connectivity index (χ1) is 13.3. The lowest BCUT2D eigenvalue weighted by Crippen LogP contribution is -2.43. The molecular weight excluding hydrogens is 358 g/mol. The van der Waals surface area contributed by atoms with E-state index in [1.807, 2.05) is 52.7 Å². The van der Waals surface area contributed by atoms with E-state index in [1.54, 1.807) is 16.0 Å². The number of hydrogen-bond donors (Lipinski definition) is 1. The number of thiophene rings is 1. The number of rotatable bonds is 3. The van der Waals surface area contributed by atoms with E-state index in [2.05, 4.69) is 15.4 Å². The van der Waals surface area contributed by atoms with Crippen molar-refractivity contribution in [2.45, 2.75) is 31.3 Å². The maximum absolute atomic E-state index is 13.3. The molecule has 7 heteroatoms. The molecule has 0 spiro atoms. The van der Waals surface area contributed by atoms with Gasteiger partial charge in [0.05, 0.1) is 10.6 Å². The van der Waals surface area contributed by atoms with Crippen LogP contribution in [-0.4, -0.2) is 50.7 Å². The molecule has 27 heavy (non-hydrogen) atoms. The number of amides is 1. The summed E-state index contributed by atoms with van der Waals surface area (Å²) in [4.78, 5) is 21.1. The fraction of sp³-hybridized carbons (Fsp3) is 0.350. The van der Waals surface area contributed by atoms with Crippen LogP contribution in [0.5, 0.6) is 0 Å². The lowest BCUT2D eigenvalue weighted by atomic mass is 10.1. The third-order valence-corrected chi connectivity index (χ3v) is 6.30. The second-order valence-electron chi connectivity index (χ2n) is 7.07. The van der Waals surface area contributed by atoms with Crippen LogP contribution in [0.4, 0.5) is 0 Å². The Morgan fingerprint density at radius 3 is 2.74 bits per heavy atom. The highest BCUT2D eigenvalue weighted by atomic mass is 32.1. The first-order valence-electron chi connectivity index (χ1n) is 9.41. The van der Waals surface area contributed by atoms with E-state index in [-0.39, 0.29) is 11.9 Å². The Morgan fingerprint density at radius 2 is 1.93 bits per heavy atom. The Morgan fingerprint density at radius 1 is 1.07 bits per heavy atom. The van der Waals surface area contributed by atoms with Crippen molar-refractivity contribution in [1.29, 1.82) is 0 Å². The normalized spacial score (nSPS) is 22.0. The molecule has 5 rings (SSSR count). The van der Waals surface area contributed by atoms with Gasteiger partial charge in [0.2, 0.25) is 5.82 Å². The smallest absolute Gasteiger partial charge is 0.294 e. The third-order valence-electron chi connectivity index (χ3n) is 5.43.